The number of amides is 1. The molecule has 4 heterocycles. The van der Waals surface area contributed by atoms with Crippen LogP contribution in [0.3, 0.4) is 0 Å². The molecule has 1 unspecified atom stereocenters. The normalized spacial score (nSPS) is 12.6. The van der Waals surface area contributed by atoms with Gasteiger partial charge in [0.2, 0.25) is 0 Å². The SMILES string of the molecule is COP(=O)([O-])On1cc(-c2nc(C(=O)Nc3cn(C)nc3-c3ccccn3)cs2)cn1.[Na+]. The first-order valence-electron chi connectivity index (χ1n) is 8.68. The Morgan fingerprint density at radius 2 is 2.12 bits per heavy atom. The maximum atomic E-state index is 12.7. The number of nitrogens with one attached hydrogen (secondary N) is 1. The number of anilines is 1. The molecular formula is C17H15N7NaO5PS. The maximum absolute atomic E-state index is 12.7. The van der Waals surface area contributed by atoms with Crippen molar-refractivity contribution in [3.63, 3.8) is 0 Å². The Labute approximate surface area is 208 Å². The van der Waals surface area contributed by atoms with Crippen molar-refractivity contribution in [3.8, 4) is 22.0 Å². The molecule has 0 bridgehead atoms. The van der Waals surface area contributed by atoms with Crippen molar-refractivity contribution in [1.29, 1.82) is 0 Å². The number of phosphoric acid groups is 1. The number of thiazole rings is 1. The predicted molar refractivity (Wildman–Crippen MR) is 109 cm³/mol. The van der Waals surface area contributed by atoms with E-state index in [4.69, 9.17) is 0 Å². The summed E-state index contributed by atoms with van der Waals surface area (Å²) in [6.45, 7) is 0. The molecule has 0 saturated heterocycles. The number of hydrogen-bond donors (Lipinski definition) is 1. The summed E-state index contributed by atoms with van der Waals surface area (Å²) in [5, 5.41) is 13.0. The van der Waals surface area contributed by atoms with Gasteiger partial charge in [0.05, 0.1) is 29.3 Å². The number of hydrogen-bond acceptors (Lipinski definition) is 10. The monoisotopic (exact) mass is 483 g/mol. The Balaban J connectivity index is 0.00000289. The van der Waals surface area contributed by atoms with Crippen molar-refractivity contribution < 1.29 is 53.0 Å². The summed E-state index contributed by atoms with van der Waals surface area (Å²) < 4.78 is 21.8. The molecule has 0 radical (unpaired) electrons. The van der Waals surface area contributed by atoms with Gasteiger partial charge in [0.1, 0.15) is 16.4 Å². The molecule has 4 aromatic rings. The third kappa shape index (κ3) is 5.51. The summed E-state index contributed by atoms with van der Waals surface area (Å²) >= 11 is 1.19. The Bertz CT molecular complexity index is 1280. The largest absolute Gasteiger partial charge is 1.00 e. The van der Waals surface area contributed by atoms with Crippen molar-refractivity contribution in [3.05, 3.63) is 54.1 Å². The van der Waals surface area contributed by atoms with Crippen LogP contribution in [0.2, 0.25) is 0 Å². The van der Waals surface area contributed by atoms with Gasteiger partial charge in [0.15, 0.2) is 0 Å². The Morgan fingerprint density at radius 1 is 1.31 bits per heavy atom. The third-order valence-electron chi connectivity index (χ3n) is 3.94. The smallest absolute Gasteiger partial charge is 0.745 e. The molecule has 15 heteroatoms. The second-order valence-corrected chi connectivity index (χ2v) is 8.40. The van der Waals surface area contributed by atoms with Crippen molar-refractivity contribution in [2.75, 3.05) is 12.4 Å². The molecule has 0 aliphatic carbocycles. The second kappa shape index (κ2) is 10.0. The van der Waals surface area contributed by atoms with Crippen molar-refractivity contribution in [2.24, 2.45) is 7.05 Å². The number of carbonyl (C=O) groups excluding carboxylic acids is 1. The zero-order valence-corrected chi connectivity index (χ0v) is 20.9. The molecule has 0 spiro atoms. The maximum Gasteiger partial charge on any atom is 1.00 e. The summed E-state index contributed by atoms with van der Waals surface area (Å²) in [6, 6.07) is 5.42. The molecule has 12 nitrogen and oxygen atoms in total. The first-order valence-corrected chi connectivity index (χ1v) is 11.0. The van der Waals surface area contributed by atoms with E-state index in [1.54, 1.807) is 41.6 Å². The van der Waals surface area contributed by atoms with E-state index in [1.165, 1.54) is 23.7 Å². The van der Waals surface area contributed by atoms with E-state index >= 15 is 0 Å². The summed E-state index contributed by atoms with van der Waals surface area (Å²) in [4.78, 5) is 33.4. The van der Waals surface area contributed by atoms with Gasteiger partial charge in [-0.05, 0) is 12.1 Å². The van der Waals surface area contributed by atoms with E-state index < -0.39 is 13.7 Å². The molecule has 1 amide bonds. The van der Waals surface area contributed by atoms with Crippen molar-refractivity contribution in [2.45, 2.75) is 0 Å². The van der Waals surface area contributed by atoms with Crippen LogP contribution in [0.25, 0.3) is 22.0 Å². The van der Waals surface area contributed by atoms with Crippen LogP contribution >= 0.6 is 19.2 Å². The zero-order valence-electron chi connectivity index (χ0n) is 17.2. The number of phosphoric ester groups is 1. The molecule has 4 rings (SSSR count). The van der Waals surface area contributed by atoms with Gasteiger partial charge in [-0.2, -0.15) is 5.10 Å². The van der Waals surface area contributed by atoms with Crippen LogP contribution in [0.5, 0.6) is 0 Å². The topological polar surface area (TPSA) is 149 Å². The van der Waals surface area contributed by atoms with Crippen molar-refractivity contribution in [1.82, 2.24) is 29.7 Å². The fourth-order valence-electron chi connectivity index (χ4n) is 2.56. The van der Waals surface area contributed by atoms with Gasteiger partial charge in [-0.3, -0.25) is 19.0 Å². The van der Waals surface area contributed by atoms with Gasteiger partial charge >= 0.3 is 37.4 Å². The van der Waals surface area contributed by atoms with E-state index in [1.807, 2.05) is 6.07 Å². The van der Waals surface area contributed by atoms with Crippen LogP contribution in [-0.4, -0.2) is 42.7 Å². The number of aryl methyl sites for hydroxylation is 1. The minimum Gasteiger partial charge on any atom is -0.745 e. The van der Waals surface area contributed by atoms with Crippen molar-refractivity contribution >= 4 is 30.8 Å². The molecule has 4 aromatic heterocycles. The molecular weight excluding hydrogens is 468 g/mol. The minimum absolute atomic E-state index is 0. The predicted octanol–water partition coefficient (Wildman–Crippen LogP) is -1.40. The standard InChI is InChI=1S/C17H16N7O5PS.Na/c1-23-9-13(15(22-23)12-5-3-4-6-18-12)20-16(25)14-10-31-17(21-14)11-7-19-24(8-11)29-30(26,27)28-2;/h3-10H,1-2H3,(H,20,25)(H,26,27);/q;+1/p-1. The zero-order chi connectivity index (χ0) is 22.0. The van der Waals surface area contributed by atoms with Gasteiger partial charge in [-0.25, -0.2) is 4.98 Å². The van der Waals surface area contributed by atoms with Crippen LogP contribution in [0.15, 0.2) is 48.4 Å². The minimum atomic E-state index is -4.49. The molecule has 0 saturated carbocycles. The fourth-order valence-corrected chi connectivity index (χ4v) is 3.70. The van der Waals surface area contributed by atoms with Crippen LogP contribution < -0.4 is 44.4 Å². The number of rotatable bonds is 7. The van der Waals surface area contributed by atoms with Crippen LogP contribution in [0.1, 0.15) is 10.5 Å². The molecule has 1 atom stereocenters. The van der Waals surface area contributed by atoms with E-state index in [9.17, 15) is 14.3 Å². The molecule has 0 aliphatic heterocycles. The number of aromatic nitrogens is 6. The number of carbonyl (C=O) groups is 1. The van der Waals surface area contributed by atoms with E-state index in [0.717, 1.165) is 12.0 Å². The first kappa shape index (κ1) is 24.3. The fraction of sp³-hybridized carbons (Fsp3) is 0.118. The first-order chi connectivity index (χ1) is 14.8. The van der Waals surface area contributed by atoms with Gasteiger partial charge in [0.25, 0.3) is 5.91 Å². The Kier molecular flexibility index (Phi) is 7.62. The molecule has 0 fully saturated rings. The third-order valence-corrected chi connectivity index (χ3v) is 5.64. The van der Waals surface area contributed by atoms with Gasteiger partial charge in [0, 0.05) is 31.9 Å². The van der Waals surface area contributed by atoms with E-state index in [-0.39, 0.29) is 35.3 Å². The molecule has 0 aliphatic rings. The summed E-state index contributed by atoms with van der Waals surface area (Å²) in [5.41, 5.74) is 2.29. The molecule has 1 N–H and O–H groups in total. The second-order valence-electron chi connectivity index (χ2n) is 6.12. The number of nitrogens with zero attached hydrogens (tertiary/aromatic N) is 6. The van der Waals surface area contributed by atoms with Gasteiger partial charge in [-0.15, -0.1) is 16.4 Å². The van der Waals surface area contributed by atoms with E-state index in [2.05, 4.69) is 34.6 Å². The molecule has 0 aromatic carbocycles. The summed E-state index contributed by atoms with van der Waals surface area (Å²) in [6.07, 6.45) is 5.99. The van der Waals surface area contributed by atoms with Crippen LogP contribution in [0, 0.1) is 0 Å². The average molecular weight is 483 g/mol. The van der Waals surface area contributed by atoms with Crippen LogP contribution in [0.4, 0.5) is 5.69 Å². The van der Waals surface area contributed by atoms with E-state index in [0.29, 0.717) is 27.6 Å². The molecule has 160 valence electrons. The summed E-state index contributed by atoms with van der Waals surface area (Å²) in [5.74, 6) is -0.431. The Hall–Kier alpha value is -2.38. The van der Waals surface area contributed by atoms with Gasteiger partial charge < -0.3 is 19.4 Å². The van der Waals surface area contributed by atoms with Crippen LogP contribution in [-0.2, 0) is 16.1 Å². The molecule has 32 heavy (non-hydrogen) atoms. The Morgan fingerprint density at radius 3 is 2.84 bits per heavy atom. The quantitative estimate of drug-likeness (QED) is 0.247. The average Bonchev–Trinajstić information content (AvgIpc) is 3.48. The summed E-state index contributed by atoms with van der Waals surface area (Å²) in [7, 11) is -1.77. The number of pyridine rings is 1. The van der Waals surface area contributed by atoms with Gasteiger partial charge in [-0.1, -0.05) is 10.9 Å².